The van der Waals surface area contributed by atoms with Crippen molar-refractivity contribution in [3.63, 3.8) is 0 Å². The van der Waals surface area contributed by atoms with Crippen LogP contribution in [0.1, 0.15) is 59.2 Å². The van der Waals surface area contributed by atoms with E-state index in [2.05, 4.69) is 10.4 Å². The second-order valence-corrected chi connectivity index (χ2v) is 8.51. The zero-order valence-electron chi connectivity index (χ0n) is 18.1. The van der Waals surface area contributed by atoms with Crippen LogP contribution in [0.4, 0.5) is 10.5 Å². The average molecular weight is 412 g/mol. The molecule has 1 amide bonds. The maximum absolute atomic E-state index is 11.9. The van der Waals surface area contributed by atoms with Crippen LogP contribution in [0, 0.1) is 23.0 Å². The number of nitrogens with one attached hydrogen (secondary N) is 1. The summed E-state index contributed by atoms with van der Waals surface area (Å²) in [5.74, 6) is -0.106. The molecule has 1 aliphatic heterocycles. The van der Waals surface area contributed by atoms with E-state index in [0.717, 1.165) is 12.8 Å². The van der Waals surface area contributed by atoms with Crippen LogP contribution in [0.15, 0.2) is 0 Å². The van der Waals surface area contributed by atoms with Crippen molar-refractivity contribution < 1.29 is 23.9 Å². The molecule has 2 heterocycles. The lowest BCUT2D eigenvalue weighted by atomic mass is 10.1. The normalized spacial score (nSPS) is 17.4. The standard InChI is InChI=1S/C19H32N4O6/c1-12(13(2)20-18(24)29-19(4,5)6)11-28-17-16(23(25)26)14(3)22(21-17)15-7-9-27-10-8-15/h12-13,15H,7-11H2,1-6H3,(H,20,24). The largest absolute Gasteiger partial charge is 0.471 e. The van der Waals surface area contributed by atoms with Crippen molar-refractivity contribution in [3.8, 4) is 5.88 Å². The van der Waals surface area contributed by atoms with Gasteiger partial charge >= 0.3 is 17.7 Å². The third kappa shape index (κ3) is 6.31. The molecule has 2 rings (SSSR count). The number of nitrogens with zero attached hydrogens (tertiary/aromatic N) is 3. The molecule has 0 bridgehead atoms. The predicted octanol–water partition coefficient (Wildman–Crippen LogP) is 3.38. The van der Waals surface area contributed by atoms with Gasteiger partial charge in [0.2, 0.25) is 0 Å². The fourth-order valence-electron chi connectivity index (χ4n) is 3.07. The molecular formula is C19H32N4O6. The summed E-state index contributed by atoms with van der Waals surface area (Å²) < 4.78 is 18.0. The number of carbonyl (C=O) groups is 1. The Bertz CT molecular complexity index is 721. The van der Waals surface area contributed by atoms with Crippen LogP contribution in [0.2, 0.25) is 0 Å². The molecular weight excluding hydrogens is 380 g/mol. The van der Waals surface area contributed by atoms with E-state index in [4.69, 9.17) is 14.2 Å². The molecule has 1 fully saturated rings. The Morgan fingerprint density at radius 1 is 1.38 bits per heavy atom. The van der Waals surface area contributed by atoms with Crippen molar-refractivity contribution in [3.05, 3.63) is 15.8 Å². The van der Waals surface area contributed by atoms with Gasteiger partial charge in [-0.1, -0.05) is 6.92 Å². The topological polar surface area (TPSA) is 118 Å². The summed E-state index contributed by atoms with van der Waals surface area (Å²) >= 11 is 0. The molecule has 1 saturated heterocycles. The van der Waals surface area contributed by atoms with Gasteiger partial charge in [-0.05, 0) is 47.5 Å². The molecule has 1 aromatic heterocycles. The number of ether oxygens (including phenoxy) is 3. The molecule has 0 aromatic carbocycles. The van der Waals surface area contributed by atoms with Crippen molar-refractivity contribution in [2.24, 2.45) is 5.92 Å². The highest BCUT2D eigenvalue weighted by Crippen LogP contribution is 2.34. The number of amides is 1. The SMILES string of the molecule is Cc1c([N+](=O)[O-])c(OCC(C)C(C)NC(=O)OC(C)(C)C)nn1C1CCOCC1. The van der Waals surface area contributed by atoms with E-state index in [1.165, 1.54) is 0 Å². The van der Waals surface area contributed by atoms with E-state index in [0.29, 0.717) is 18.9 Å². The smallest absolute Gasteiger partial charge is 0.407 e. The van der Waals surface area contributed by atoms with Crippen LogP contribution in [0.3, 0.4) is 0 Å². The molecule has 2 atom stereocenters. The molecule has 164 valence electrons. The van der Waals surface area contributed by atoms with Crippen molar-refractivity contribution in [1.82, 2.24) is 15.1 Å². The third-order valence-electron chi connectivity index (χ3n) is 4.89. The monoisotopic (exact) mass is 412 g/mol. The summed E-state index contributed by atoms with van der Waals surface area (Å²) in [5, 5.41) is 18.7. The van der Waals surface area contributed by atoms with Gasteiger partial charge in [0.05, 0.1) is 17.6 Å². The van der Waals surface area contributed by atoms with E-state index < -0.39 is 16.6 Å². The summed E-state index contributed by atoms with van der Waals surface area (Å²) in [6.07, 6.45) is 1.00. The summed E-state index contributed by atoms with van der Waals surface area (Å²) in [6.45, 7) is 12.2. The molecule has 1 aromatic rings. The summed E-state index contributed by atoms with van der Waals surface area (Å²) in [4.78, 5) is 23.0. The highest BCUT2D eigenvalue weighted by molar-refractivity contribution is 5.68. The minimum atomic E-state index is -0.585. The van der Waals surface area contributed by atoms with E-state index in [1.54, 1.807) is 32.4 Å². The van der Waals surface area contributed by atoms with Gasteiger partial charge < -0.3 is 19.5 Å². The Hall–Kier alpha value is -2.36. The van der Waals surface area contributed by atoms with E-state index >= 15 is 0 Å². The fourth-order valence-corrected chi connectivity index (χ4v) is 3.07. The van der Waals surface area contributed by atoms with Gasteiger partial charge in [-0.2, -0.15) is 0 Å². The molecule has 10 nitrogen and oxygen atoms in total. The van der Waals surface area contributed by atoms with Crippen LogP contribution < -0.4 is 10.1 Å². The Labute approximate surface area is 171 Å². The number of carbonyl (C=O) groups excluding carboxylic acids is 1. The molecule has 0 spiro atoms. The molecule has 1 aliphatic rings. The van der Waals surface area contributed by atoms with E-state index in [1.807, 2.05) is 13.8 Å². The summed E-state index contributed by atoms with van der Waals surface area (Å²) in [6, 6.07) is -0.187. The van der Waals surface area contributed by atoms with Crippen molar-refractivity contribution >= 4 is 11.8 Å². The first-order chi connectivity index (χ1) is 13.5. The minimum absolute atomic E-state index is 0.00955. The summed E-state index contributed by atoms with van der Waals surface area (Å²) in [5.41, 5.74) is -0.223. The Morgan fingerprint density at radius 2 is 2.00 bits per heavy atom. The first-order valence-corrected chi connectivity index (χ1v) is 9.93. The van der Waals surface area contributed by atoms with E-state index in [-0.39, 0.29) is 36.2 Å². The number of hydrogen-bond donors (Lipinski definition) is 1. The molecule has 10 heteroatoms. The van der Waals surface area contributed by atoms with Gasteiger partial charge in [-0.3, -0.25) is 14.8 Å². The average Bonchev–Trinajstić information content (AvgIpc) is 2.95. The number of aromatic nitrogens is 2. The second-order valence-electron chi connectivity index (χ2n) is 8.51. The van der Waals surface area contributed by atoms with Gasteiger partial charge in [0.25, 0.3) is 0 Å². The zero-order chi connectivity index (χ0) is 21.8. The molecule has 0 aliphatic carbocycles. The predicted molar refractivity (Wildman–Crippen MR) is 106 cm³/mol. The van der Waals surface area contributed by atoms with Crippen molar-refractivity contribution in [2.75, 3.05) is 19.8 Å². The number of alkyl carbamates (subject to hydrolysis) is 1. The van der Waals surface area contributed by atoms with Gasteiger partial charge in [0.1, 0.15) is 11.3 Å². The van der Waals surface area contributed by atoms with Crippen LogP contribution in [-0.4, -0.2) is 52.3 Å². The first-order valence-electron chi connectivity index (χ1n) is 9.93. The molecule has 29 heavy (non-hydrogen) atoms. The van der Waals surface area contributed by atoms with Crippen LogP contribution in [0.5, 0.6) is 5.88 Å². The van der Waals surface area contributed by atoms with E-state index in [9.17, 15) is 14.9 Å². The first kappa shape index (κ1) is 22.9. The van der Waals surface area contributed by atoms with Gasteiger partial charge in [-0.25, -0.2) is 4.79 Å². The lowest BCUT2D eigenvalue weighted by Crippen LogP contribution is -2.42. The fraction of sp³-hybridized carbons (Fsp3) is 0.789. The van der Waals surface area contributed by atoms with Crippen molar-refractivity contribution in [1.29, 1.82) is 0 Å². The highest BCUT2D eigenvalue weighted by atomic mass is 16.6. The number of hydrogen-bond acceptors (Lipinski definition) is 7. The summed E-state index contributed by atoms with van der Waals surface area (Å²) in [7, 11) is 0. The molecule has 0 saturated carbocycles. The Kier molecular flexibility index (Phi) is 7.45. The maximum atomic E-state index is 11.9. The Morgan fingerprint density at radius 3 is 2.55 bits per heavy atom. The second kappa shape index (κ2) is 9.43. The lowest BCUT2D eigenvalue weighted by molar-refractivity contribution is -0.386. The highest BCUT2D eigenvalue weighted by Gasteiger charge is 2.31. The maximum Gasteiger partial charge on any atom is 0.407 e. The third-order valence-corrected chi connectivity index (χ3v) is 4.89. The number of rotatable bonds is 7. The van der Waals surface area contributed by atoms with Gasteiger partial charge in [-0.15, -0.1) is 5.10 Å². The zero-order valence-corrected chi connectivity index (χ0v) is 18.1. The van der Waals surface area contributed by atoms with Crippen LogP contribution >= 0.6 is 0 Å². The molecule has 1 N–H and O–H groups in total. The Balaban J connectivity index is 2.03. The van der Waals surface area contributed by atoms with Crippen LogP contribution in [-0.2, 0) is 9.47 Å². The van der Waals surface area contributed by atoms with Gasteiger partial charge in [0.15, 0.2) is 0 Å². The van der Waals surface area contributed by atoms with Crippen LogP contribution in [0.25, 0.3) is 0 Å². The lowest BCUT2D eigenvalue weighted by Gasteiger charge is -2.24. The minimum Gasteiger partial charge on any atom is -0.471 e. The molecule has 2 unspecified atom stereocenters. The van der Waals surface area contributed by atoms with Crippen molar-refractivity contribution in [2.45, 2.75) is 72.1 Å². The molecule has 0 radical (unpaired) electrons. The number of nitro groups is 1. The van der Waals surface area contributed by atoms with Gasteiger partial charge in [0, 0.05) is 25.2 Å². The quantitative estimate of drug-likeness (QED) is 0.539.